The maximum absolute atomic E-state index is 8.79. The van der Waals surface area contributed by atoms with Crippen LogP contribution in [0.5, 0.6) is 0 Å². The van der Waals surface area contributed by atoms with E-state index in [1.165, 1.54) is 0 Å². The summed E-state index contributed by atoms with van der Waals surface area (Å²) in [5.41, 5.74) is 6.81. The molecule has 1 heterocycles. The lowest BCUT2D eigenvalue weighted by atomic mass is 9.97. The Balaban J connectivity index is 2.83. The number of hydrogen-bond donors (Lipinski definition) is 2. The SMILES string of the molecule is CC(C)(C)CNc1nccc(C#N)c1N. The van der Waals surface area contributed by atoms with Gasteiger partial charge in [0.2, 0.25) is 0 Å². The predicted molar refractivity (Wildman–Crippen MR) is 61.3 cm³/mol. The third-order valence-electron chi connectivity index (χ3n) is 1.90. The van der Waals surface area contributed by atoms with Crippen molar-refractivity contribution in [1.29, 1.82) is 5.26 Å². The third kappa shape index (κ3) is 3.13. The van der Waals surface area contributed by atoms with Crippen LogP contribution in [0.4, 0.5) is 11.5 Å². The molecule has 15 heavy (non-hydrogen) atoms. The number of nitrogen functional groups attached to an aromatic ring is 1. The molecule has 0 atom stereocenters. The van der Waals surface area contributed by atoms with E-state index in [4.69, 9.17) is 11.0 Å². The molecule has 1 aromatic heterocycles. The molecule has 0 radical (unpaired) electrons. The average Bonchev–Trinajstić information content (AvgIpc) is 2.15. The summed E-state index contributed by atoms with van der Waals surface area (Å²) >= 11 is 0. The molecule has 0 unspecified atom stereocenters. The van der Waals surface area contributed by atoms with Gasteiger partial charge in [0.05, 0.1) is 11.3 Å². The Bertz CT molecular complexity index is 385. The number of nitrogens with one attached hydrogen (secondary N) is 1. The van der Waals surface area contributed by atoms with Gasteiger partial charge in [0, 0.05) is 12.7 Å². The number of nitrogens with two attached hydrogens (primary N) is 1. The Morgan fingerprint density at radius 3 is 2.73 bits per heavy atom. The van der Waals surface area contributed by atoms with Crippen molar-refractivity contribution in [3.05, 3.63) is 17.8 Å². The molecule has 1 aromatic rings. The molecule has 0 aliphatic carbocycles. The lowest BCUT2D eigenvalue weighted by molar-refractivity contribution is 0.442. The third-order valence-corrected chi connectivity index (χ3v) is 1.90. The van der Waals surface area contributed by atoms with E-state index < -0.39 is 0 Å². The lowest BCUT2D eigenvalue weighted by Gasteiger charge is -2.19. The molecule has 0 amide bonds. The van der Waals surface area contributed by atoms with E-state index in [0.29, 0.717) is 17.1 Å². The van der Waals surface area contributed by atoms with Gasteiger partial charge in [-0.1, -0.05) is 20.8 Å². The summed E-state index contributed by atoms with van der Waals surface area (Å²) in [7, 11) is 0. The first-order valence-corrected chi connectivity index (χ1v) is 4.82. The van der Waals surface area contributed by atoms with Gasteiger partial charge in [0.15, 0.2) is 5.82 Å². The zero-order valence-electron chi connectivity index (χ0n) is 9.33. The highest BCUT2D eigenvalue weighted by atomic mass is 15.0. The summed E-state index contributed by atoms with van der Waals surface area (Å²) in [6.45, 7) is 7.11. The smallest absolute Gasteiger partial charge is 0.150 e. The minimum atomic E-state index is 0.150. The van der Waals surface area contributed by atoms with E-state index in [1.54, 1.807) is 12.3 Å². The Morgan fingerprint density at radius 2 is 2.20 bits per heavy atom. The average molecular weight is 204 g/mol. The Kier molecular flexibility index (Phi) is 3.15. The van der Waals surface area contributed by atoms with Gasteiger partial charge in [0.25, 0.3) is 0 Å². The summed E-state index contributed by atoms with van der Waals surface area (Å²) in [5, 5.41) is 11.9. The van der Waals surface area contributed by atoms with Gasteiger partial charge in [-0.25, -0.2) is 4.98 Å². The van der Waals surface area contributed by atoms with Gasteiger partial charge in [-0.05, 0) is 11.5 Å². The maximum Gasteiger partial charge on any atom is 0.150 e. The molecular formula is C11H16N4. The monoisotopic (exact) mass is 204 g/mol. The Labute approximate surface area is 90.1 Å². The van der Waals surface area contributed by atoms with Crippen molar-refractivity contribution in [3.63, 3.8) is 0 Å². The van der Waals surface area contributed by atoms with Crippen LogP contribution in [0.2, 0.25) is 0 Å². The molecule has 0 spiro atoms. The Morgan fingerprint density at radius 1 is 1.53 bits per heavy atom. The van der Waals surface area contributed by atoms with E-state index in [9.17, 15) is 0 Å². The van der Waals surface area contributed by atoms with E-state index in [-0.39, 0.29) is 5.41 Å². The highest BCUT2D eigenvalue weighted by molar-refractivity contribution is 5.68. The molecule has 80 valence electrons. The maximum atomic E-state index is 8.79. The second-order valence-corrected chi connectivity index (χ2v) is 4.65. The fourth-order valence-electron chi connectivity index (χ4n) is 1.06. The summed E-state index contributed by atoms with van der Waals surface area (Å²) in [4.78, 5) is 4.10. The van der Waals surface area contributed by atoms with Gasteiger partial charge in [0.1, 0.15) is 6.07 Å². The lowest BCUT2D eigenvalue weighted by Crippen LogP contribution is -2.20. The van der Waals surface area contributed by atoms with Crippen LogP contribution >= 0.6 is 0 Å². The van der Waals surface area contributed by atoms with Gasteiger partial charge >= 0.3 is 0 Å². The first-order valence-electron chi connectivity index (χ1n) is 4.82. The molecule has 0 fully saturated rings. The van der Waals surface area contributed by atoms with E-state index in [1.807, 2.05) is 6.07 Å². The molecule has 4 nitrogen and oxygen atoms in total. The van der Waals surface area contributed by atoms with Crippen LogP contribution in [0.15, 0.2) is 12.3 Å². The highest BCUT2D eigenvalue weighted by Crippen LogP contribution is 2.21. The fraction of sp³-hybridized carbons (Fsp3) is 0.455. The van der Waals surface area contributed by atoms with Crippen LogP contribution in [0.25, 0.3) is 0 Å². The minimum Gasteiger partial charge on any atom is -0.395 e. The van der Waals surface area contributed by atoms with Gasteiger partial charge < -0.3 is 11.1 Å². The normalized spacial score (nSPS) is 10.8. The van der Waals surface area contributed by atoms with Crippen LogP contribution in [0.3, 0.4) is 0 Å². The van der Waals surface area contributed by atoms with Gasteiger partial charge in [-0.3, -0.25) is 0 Å². The van der Waals surface area contributed by atoms with Crippen molar-refractivity contribution in [2.75, 3.05) is 17.6 Å². The molecule has 1 rings (SSSR count). The zero-order valence-corrected chi connectivity index (χ0v) is 9.33. The molecule has 0 saturated heterocycles. The number of nitrogens with zero attached hydrogens (tertiary/aromatic N) is 2. The summed E-state index contributed by atoms with van der Waals surface area (Å²) in [5.74, 6) is 0.587. The van der Waals surface area contributed by atoms with Crippen LogP contribution in [0.1, 0.15) is 26.3 Å². The summed E-state index contributed by atoms with van der Waals surface area (Å²) in [6.07, 6.45) is 1.58. The molecule has 4 heteroatoms. The molecular weight excluding hydrogens is 188 g/mol. The zero-order chi connectivity index (χ0) is 11.5. The number of rotatable bonds is 2. The van der Waals surface area contributed by atoms with Crippen LogP contribution < -0.4 is 11.1 Å². The molecule has 0 aliphatic rings. The topological polar surface area (TPSA) is 74.7 Å². The highest BCUT2D eigenvalue weighted by Gasteiger charge is 2.12. The van der Waals surface area contributed by atoms with Crippen molar-refractivity contribution < 1.29 is 0 Å². The van der Waals surface area contributed by atoms with Crippen molar-refractivity contribution in [3.8, 4) is 6.07 Å². The molecule has 3 N–H and O–H groups in total. The second-order valence-electron chi connectivity index (χ2n) is 4.65. The number of nitriles is 1. The fourth-order valence-corrected chi connectivity index (χ4v) is 1.06. The van der Waals surface area contributed by atoms with Crippen molar-refractivity contribution in [2.45, 2.75) is 20.8 Å². The largest absolute Gasteiger partial charge is 0.395 e. The molecule has 0 aromatic carbocycles. The minimum absolute atomic E-state index is 0.150. The summed E-state index contributed by atoms with van der Waals surface area (Å²) in [6, 6.07) is 3.64. The van der Waals surface area contributed by atoms with E-state index >= 15 is 0 Å². The van der Waals surface area contributed by atoms with E-state index in [2.05, 4.69) is 31.1 Å². The van der Waals surface area contributed by atoms with Crippen molar-refractivity contribution in [1.82, 2.24) is 4.98 Å². The first-order chi connectivity index (χ1) is 6.94. The number of hydrogen-bond acceptors (Lipinski definition) is 4. The van der Waals surface area contributed by atoms with Gasteiger partial charge in [-0.2, -0.15) is 5.26 Å². The standard InChI is InChI=1S/C11H16N4/c1-11(2,3)7-15-10-9(13)8(6-12)4-5-14-10/h4-5H,7,13H2,1-3H3,(H,14,15). The second kappa shape index (κ2) is 4.18. The molecule has 0 bridgehead atoms. The predicted octanol–water partition coefficient (Wildman–Crippen LogP) is 1.99. The van der Waals surface area contributed by atoms with Crippen LogP contribution in [-0.2, 0) is 0 Å². The van der Waals surface area contributed by atoms with Crippen molar-refractivity contribution >= 4 is 11.5 Å². The Hall–Kier alpha value is -1.76. The number of aromatic nitrogens is 1. The summed E-state index contributed by atoms with van der Waals surface area (Å²) < 4.78 is 0. The molecule has 0 aliphatic heterocycles. The van der Waals surface area contributed by atoms with Crippen molar-refractivity contribution in [2.24, 2.45) is 5.41 Å². The molecule has 0 saturated carbocycles. The first kappa shape index (κ1) is 11.3. The quantitative estimate of drug-likeness (QED) is 0.772. The number of pyridine rings is 1. The van der Waals surface area contributed by atoms with Crippen LogP contribution in [0, 0.1) is 16.7 Å². The van der Waals surface area contributed by atoms with Gasteiger partial charge in [-0.15, -0.1) is 0 Å². The van der Waals surface area contributed by atoms with Crippen LogP contribution in [-0.4, -0.2) is 11.5 Å². The van der Waals surface area contributed by atoms with E-state index in [0.717, 1.165) is 6.54 Å². The number of anilines is 2.